The van der Waals surface area contributed by atoms with E-state index in [1.165, 1.54) is 12.0 Å². The van der Waals surface area contributed by atoms with Crippen LogP contribution in [0.4, 0.5) is 0 Å². The van der Waals surface area contributed by atoms with Gasteiger partial charge in [-0.25, -0.2) is 0 Å². The summed E-state index contributed by atoms with van der Waals surface area (Å²) in [6.07, 6.45) is -0.591. The number of rotatable bonds is 6. The zero-order valence-electron chi connectivity index (χ0n) is 11.5. The number of aliphatic hydroxyl groups excluding tert-OH is 1. The molecule has 110 valence electrons. The number of aliphatic hydroxyl groups is 1. The highest BCUT2D eigenvalue weighted by molar-refractivity contribution is 6.30. The van der Waals surface area contributed by atoms with Crippen molar-refractivity contribution in [1.82, 2.24) is 4.90 Å². The first-order valence-electron chi connectivity index (χ1n) is 6.23. The zero-order chi connectivity index (χ0) is 15.1. The molecule has 1 aromatic rings. The molecule has 1 unspecified atom stereocenters. The van der Waals surface area contributed by atoms with Gasteiger partial charge >= 0.3 is 5.97 Å². The van der Waals surface area contributed by atoms with E-state index >= 15 is 0 Å². The van der Waals surface area contributed by atoms with Gasteiger partial charge in [-0.2, -0.15) is 0 Å². The predicted molar refractivity (Wildman–Crippen MR) is 75.7 cm³/mol. The van der Waals surface area contributed by atoms with Crippen LogP contribution >= 0.6 is 11.6 Å². The van der Waals surface area contributed by atoms with Gasteiger partial charge in [0.25, 0.3) is 5.91 Å². The maximum atomic E-state index is 12.3. The number of hydrogen-bond donors (Lipinski definition) is 1. The van der Waals surface area contributed by atoms with Crippen LogP contribution in [0.2, 0.25) is 5.02 Å². The van der Waals surface area contributed by atoms with Gasteiger partial charge < -0.3 is 14.7 Å². The summed E-state index contributed by atoms with van der Waals surface area (Å²) < 4.78 is 4.55. The third-order valence-corrected chi connectivity index (χ3v) is 2.93. The molecule has 1 atom stereocenters. The number of hydrogen-bond acceptors (Lipinski definition) is 4. The molecule has 0 aliphatic rings. The van der Waals surface area contributed by atoms with Crippen molar-refractivity contribution in [2.75, 3.05) is 20.2 Å². The Kier molecular flexibility index (Phi) is 6.48. The summed E-state index contributed by atoms with van der Waals surface area (Å²) in [5.74, 6) is -0.657. The number of amides is 1. The summed E-state index contributed by atoms with van der Waals surface area (Å²) in [4.78, 5) is 24.9. The second-order valence-electron chi connectivity index (χ2n) is 4.43. The summed E-state index contributed by atoms with van der Waals surface area (Å²) in [6.45, 7) is 1.93. The van der Waals surface area contributed by atoms with Crippen molar-refractivity contribution in [2.24, 2.45) is 0 Å². The Morgan fingerprint density at radius 2 is 1.95 bits per heavy atom. The Balaban J connectivity index is 2.78. The molecule has 1 rings (SSSR count). The van der Waals surface area contributed by atoms with E-state index in [-0.39, 0.29) is 25.4 Å². The molecule has 1 amide bonds. The van der Waals surface area contributed by atoms with E-state index in [0.717, 1.165) is 0 Å². The van der Waals surface area contributed by atoms with Crippen LogP contribution in [0.5, 0.6) is 0 Å². The minimum absolute atomic E-state index is 0.0859. The Morgan fingerprint density at radius 3 is 2.45 bits per heavy atom. The average molecular weight is 300 g/mol. The van der Waals surface area contributed by atoms with Crippen LogP contribution in [0, 0.1) is 0 Å². The summed E-state index contributed by atoms with van der Waals surface area (Å²) in [6, 6.07) is 6.46. The van der Waals surface area contributed by atoms with Gasteiger partial charge in [0, 0.05) is 23.7 Å². The first-order chi connectivity index (χ1) is 9.43. The molecule has 0 aromatic heterocycles. The Labute approximate surface area is 123 Å². The average Bonchev–Trinajstić information content (AvgIpc) is 2.42. The zero-order valence-corrected chi connectivity index (χ0v) is 12.3. The van der Waals surface area contributed by atoms with Gasteiger partial charge in [-0.05, 0) is 31.2 Å². The fraction of sp³-hybridized carbons (Fsp3) is 0.429. The molecule has 0 spiro atoms. The topological polar surface area (TPSA) is 66.8 Å². The Morgan fingerprint density at radius 1 is 1.35 bits per heavy atom. The third-order valence-electron chi connectivity index (χ3n) is 2.68. The monoisotopic (exact) mass is 299 g/mol. The van der Waals surface area contributed by atoms with Crippen molar-refractivity contribution < 1.29 is 19.4 Å². The van der Waals surface area contributed by atoms with Crippen molar-refractivity contribution in [3.63, 3.8) is 0 Å². The van der Waals surface area contributed by atoms with Gasteiger partial charge in [0.1, 0.15) is 0 Å². The Hall–Kier alpha value is -1.59. The van der Waals surface area contributed by atoms with E-state index in [0.29, 0.717) is 10.6 Å². The first-order valence-corrected chi connectivity index (χ1v) is 6.61. The van der Waals surface area contributed by atoms with E-state index < -0.39 is 12.1 Å². The van der Waals surface area contributed by atoms with Crippen LogP contribution in [-0.2, 0) is 9.53 Å². The number of methoxy groups -OCH3 is 1. The summed E-state index contributed by atoms with van der Waals surface area (Å²) in [5, 5.41) is 9.99. The van der Waals surface area contributed by atoms with Crippen LogP contribution in [-0.4, -0.2) is 48.2 Å². The molecule has 0 heterocycles. The van der Waals surface area contributed by atoms with E-state index in [9.17, 15) is 14.7 Å². The van der Waals surface area contributed by atoms with Crippen molar-refractivity contribution in [1.29, 1.82) is 0 Å². The molecule has 0 aliphatic heterocycles. The lowest BCUT2D eigenvalue weighted by Gasteiger charge is -2.23. The first kappa shape index (κ1) is 16.5. The second-order valence-corrected chi connectivity index (χ2v) is 4.87. The number of ether oxygens (including phenoxy) is 1. The summed E-state index contributed by atoms with van der Waals surface area (Å²) in [7, 11) is 1.29. The minimum atomic E-state index is -0.677. The number of carbonyl (C=O) groups excluding carboxylic acids is 2. The van der Waals surface area contributed by atoms with Crippen molar-refractivity contribution in [2.45, 2.75) is 19.4 Å². The molecule has 1 N–H and O–H groups in total. The molecule has 0 radical (unpaired) electrons. The molecule has 6 heteroatoms. The highest BCUT2D eigenvalue weighted by Gasteiger charge is 2.18. The maximum absolute atomic E-state index is 12.3. The van der Waals surface area contributed by atoms with Crippen LogP contribution in [0.15, 0.2) is 24.3 Å². The smallest absolute Gasteiger partial charge is 0.307 e. The number of nitrogens with zero attached hydrogens (tertiary/aromatic N) is 1. The normalized spacial score (nSPS) is 11.8. The lowest BCUT2D eigenvalue weighted by atomic mass is 10.2. The van der Waals surface area contributed by atoms with E-state index in [1.54, 1.807) is 31.2 Å². The lowest BCUT2D eigenvalue weighted by molar-refractivity contribution is -0.140. The summed E-state index contributed by atoms with van der Waals surface area (Å²) in [5.41, 5.74) is 0.458. The van der Waals surface area contributed by atoms with Crippen molar-refractivity contribution in [3.05, 3.63) is 34.9 Å². The number of esters is 1. The van der Waals surface area contributed by atoms with Gasteiger partial charge in [-0.3, -0.25) is 9.59 Å². The maximum Gasteiger partial charge on any atom is 0.307 e. The molecule has 1 aromatic carbocycles. The lowest BCUT2D eigenvalue weighted by Crippen LogP contribution is -2.38. The summed E-state index contributed by atoms with van der Waals surface area (Å²) >= 11 is 5.78. The standard InChI is InChI=1S/C14H18ClNO4/c1-10(17)9-16(8-7-13(18)20-2)14(19)11-3-5-12(15)6-4-11/h3-6,10,17H,7-9H2,1-2H3. The number of halogens is 1. The quantitative estimate of drug-likeness (QED) is 0.812. The molecule has 0 saturated heterocycles. The minimum Gasteiger partial charge on any atom is -0.469 e. The molecule has 0 saturated carbocycles. The van der Waals surface area contributed by atoms with Crippen LogP contribution < -0.4 is 0 Å². The number of benzene rings is 1. The van der Waals surface area contributed by atoms with Gasteiger partial charge in [0.15, 0.2) is 0 Å². The van der Waals surface area contributed by atoms with Gasteiger partial charge in [0.2, 0.25) is 0 Å². The molecular formula is C14H18ClNO4. The van der Waals surface area contributed by atoms with Gasteiger partial charge in [0.05, 0.1) is 19.6 Å². The second kappa shape index (κ2) is 7.87. The highest BCUT2D eigenvalue weighted by atomic mass is 35.5. The third kappa shape index (κ3) is 5.19. The van der Waals surface area contributed by atoms with Gasteiger partial charge in [-0.15, -0.1) is 0 Å². The highest BCUT2D eigenvalue weighted by Crippen LogP contribution is 2.12. The molecule has 0 fully saturated rings. The van der Waals surface area contributed by atoms with E-state index in [1.807, 2.05) is 0 Å². The van der Waals surface area contributed by atoms with E-state index in [4.69, 9.17) is 11.6 Å². The molecule has 20 heavy (non-hydrogen) atoms. The molecule has 5 nitrogen and oxygen atoms in total. The van der Waals surface area contributed by atoms with Gasteiger partial charge in [-0.1, -0.05) is 11.6 Å². The van der Waals surface area contributed by atoms with Crippen molar-refractivity contribution >= 4 is 23.5 Å². The largest absolute Gasteiger partial charge is 0.469 e. The molecule has 0 bridgehead atoms. The fourth-order valence-corrected chi connectivity index (χ4v) is 1.82. The SMILES string of the molecule is COC(=O)CCN(CC(C)O)C(=O)c1ccc(Cl)cc1. The van der Waals surface area contributed by atoms with Crippen LogP contribution in [0.3, 0.4) is 0 Å². The fourth-order valence-electron chi connectivity index (χ4n) is 1.70. The van der Waals surface area contributed by atoms with Crippen LogP contribution in [0.25, 0.3) is 0 Å². The van der Waals surface area contributed by atoms with Crippen molar-refractivity contribution in [3.8, 4) is 0 Å². The van der Waals surface area contributed by atoms with Crippen LogP contribution in [0.1, 0.15) is 23.7 Å². The Bertz CT molecular complexity index is 459. The number of carbonyl (C=O) groups is 2. The molecular weight excluding hydrogens is 282 g/mol. The van der Waals surface area contributed by atoms with E-state index in [2.05, 4.69) is 4.74 Å². The molecule has 0 aliphatic carbocycles. The predicted octanol–water partition coefficient (Wildman–Crippen LogP) is 1.73.